The number of carbonyl (C=O) groups excluding carboxylic acids is 1. The van der Waals surface area contributed by atoms with Crippen LogP contribution >= 0.6 is 0 Å². The van der Waals surface area contributed by atoms with E-state index in [0.717, 1.165) is 42.2 Å². The summed E-state index contributed by atoms with van der Waals surface area (Å²) in [6, 6.07) is 7.75. The summed E-state index contributed by atoms with van der Waals surface area (Å²) in [4.78, 5) is 12.6. The standard InChI is InChI=1S/C16H19NO2/c1-11-5-6-13-12(9-11)10-14(19-13)15(18)16(17)7-3-2-4-8-16/h5-6,9-10H,2-4,7-8,17H2,1H3. The van der Waals surface area contributed by atoms with Crippen molar-refractivity contribution in [3.05, 3.63) is 35.6 Å². The molecule has 1 aromatic carbocycles. The van der Waals surface area contributed by atoms with E-state index in [1.54, 1.807) is 0 Å². The molecule has 3 nitrogen and oxygen atoms in total. The Morgan fingerprint density at radius 3 is 2.68 bits per heavy atom. The minimum atomic E-state index is -0.721. The lowest BCUT2D eigenvalue weighted by molar-refractivity contribution is 0.0820. The number of nitrogens with two attached hydrogens (primary N) is 1. The van der Waals surface area contributed by atoms with Gasteiger partial charge in [-0.05, 0) is 38.0 Å². The van der Waals surface area contributed by atoms with Gasteiger partial charge in [-0.2, -0.15) is 0 Å². The van der Waals surface area contributed by atoms with E-state index >= 15 is 0 Å². The zero-order chi connectivity index (χ0) is 13.5. The Hall–Kier alpha value is -1.61. The summed E-state index contributed by atoms with van der Waals surface area (Å²) < 4.78 is 5.67. The van der Waals surface area contributed by atoms with E-state index in [1.807, 2.05) is 31.2 Å². The maximum absolute atomic E-state index is 12.6. The number of carbonyl (C=O) groups is 1. The smallest absolute Gasteiger partial charge is 0.217 e. The molecule has 0 unspecified atom stereocenters. The summed E-state index contributed by atoms with van der Waals surface area (Å²) in [6.45, 7) is 2.03. The first-order valence-electron chi connectivity index (χ1n) is 6.92. The van der Waals surface area contributed by atoms with Crippen LogP contribution in [0.4, 0.5) is 0 Å². The van der Waals surface area contributed by atoms with Gasteiger partial charge in [-0.1, -0.05) is 30.9 Å². The van der Waals surface area contributed by atoms with Gasteiger partial charge in [-0.25, -0.2) is 0 Å². The molecule has 1 aliphatic carbocycles. The number of rotatable bonds is 2. The summed E-state index contributed by atoms with van der Waals surface area (Å²) in [5.41, 5.74) is 7.47. The van der Waals surface area contributed by atoms with Crippen LogP contribution in [-0.2, 0) is 0 Å². The molecule has 1 heterocycles. The van der Waals surface area contributed by atoms with Crippen molar-refractivity contribution in [2.75, 3.05) is 0 Å². The molecule has 100 valence electrons. The number of hydrogen-bond donors (Lipinski definition) is 1. The van der Waals surface area contributed by atoms with E-state index in [4.69, 9.17) is 10.2 Å². The number of benzene rings is 1. The van der Waals surface area contributed by atoms with E-state index in [-0.39, 0.29) is 5.78 Å². The lowest BCUT2D eigenvalue weighted by atomic mass is 9.79. The van der Waals surface area contributed by atoms with Crippen molar-refractivity contribution in [2.24, 2.45) is 5.73 Å². The highest BCUT2D eigenvalue weighted by Gasteiger charge is 2.37. The minimum Gasteiger partial charge on any atom is -0.453 e. The minimum absolute atomic E-state index is 0.0407. The molecule has 1 fully saturated rings. The van der Waals surface area contributed by atoms with E-state index in [1.165, 1.54) is 6.42 Å². The van der Waals surface area contributed by atoms with Crippen molar-refractivity contribution in [2.45, 2.75) is 44.6 Å². The first-order valence-corrected chi connectivity index (χ1v) is 6.92. The normalized spacial score (nSPS) is 18.6. The van der Waals surface area contributed by atoms with Crippen molar-refractivity contribution < 1.29 is 9.21 Å². The third kappa shape index (κ3) is 2.19. The molecule has 0 radical (unpaired) electrons. The van der Waals surface area contributed by atoms with Crippen LogP contribution in [0.5, 0.6) is 0 Å². The van der Waals surface area contributed by atoms with Gasteiger partial charge in [0.1, 0.15) is 5.58 Å². The fraction of sp³-hybridized carbons (Fsp3) is 0.438. The van der Waals surface area contributed by atoms with Crippen LogP contribution in [0, 0.1) is 6.92 Å². The number of fused-ring (bicyclic) bond motifs is 1. The lowest BCUT2D eigenvalue weighted by Crippen LogP contribution is -2.49. The van der Waals surface area contributed by atoms with Crippen molar-refractivity contribution in [1.29, 1.82) is 0 Å². The molecule has 1 aromatic heterocycles. The maximum atomic E-state index is 12.6. The van der Waals surface area contributed by atoms with Crippen molar-refractivity contribution >= 4 is 16.8 Å². The van der Waals surface area contributed by atoms with Gasteiger partial charge < -0.3 is 10.2 Å². The highest BCUT2D eigenvalue weighted by atomic mass is 16.3. The lowest BCUT2D eigenvalue weighted by Gasteiger charge is -2.30. The summed E-state index contributed by atoms with van der Waals surface area (Å²) in [6.07, 6.45) is 4.76. The van der Waals surface area contributed by atoms with Gasteiger partial charge in [-0.3, -0.25) is 4.79 Å². The van der Waals surface area contributed by atoms with Crippen LogP contribution in [0.3, 0.4) is 0 Å². The molecular weight excluding hydrogens is 238 g/mol. The second-order valence-electron chi connectivity index (χ2n) is 5.70. The van der Waals surface area contributed by atoms with Crippen molar-refractivity contribution in [3.8, 4) is 0 Å². The van der Waals surface area contributed by atoms with E-state index in [9.17, 15) is 4.79 Å². The Balaban J connectivity index is 1.97. The predicted molar refractivity (Wildman–Crippen MR) is 75.3 cm³/mol. The Morgan fingerprint density at radius 1 is 1.21 bits per heavy atom. The average Bonchev–Trinajstić information content (AvgIpc) is 2.81. The number of furan rings is 1. The first kappa shape index (κ1) is 12.4. The van der Waals surface area contributed by atoms with Crippen molar-refractivity contribution in [1.82, 2.24) is 0 Å². The Bertz CT molecular complexity index is 621. The van der Waals surface area contributed by atoms with Gasteiger partial charge in [-0.15, -0.1) is 0 Å². The molecule has 0 amide bonds. The van der Waals surface area contributed by atoms with Crippen molar-refractivity contribution in [3.63, 3.8) is 0 Å². The van der Waals surface area contributed by atoms with Crippen LogP contribution in [0.25, 0.3) is 11.0 Å². The predicted octanol–water partition coefficient (Wildman–Crippen LogP) is 3.59. The second kappa shape index (κ2) is 4.49. The summed E-state index contributed by atoms with van der Waals surface area (Å²) in [5.74, 6) is 0.367. The second-order valence-corrected chi connectivity index (χ2v) is 5.70. The highest BCUT2D eigenvalue weighted by molar-refractivity contribution is 6.03. The molecule has 2 aromatic rings. The number of hydrogen-bond acceptors (Lipinski definition) is 3. The average molecular weight is 257 g/mol. The largest absolute Gasteiger partial charge is 0.453 e. The Kier molecular flexibility index (Phi) is 2.94. The Morgan fingerprint density at radius 2 is 1.95 bits per heavy atom. The summed E-state index contributed by atoms with van der Waals surface area (Å²) >= 11 is 0. The topological polar surface area (TPSA) is 56.2 Å². The molecule has 19 heavy (non-hydrogen) atoms. The fourth-order valence-corrected chi connectivity index (χ4v) is 2.93. The van der Waals surface area contributed by atoms with E-state index in [0.29, 0.717) is 5.76 Å². The fourth-order valence-electron chi connectivity index (χ4n) is 2.93. The van der Waals surface area contributed by atoms with Gasteiger partial charge in [0.2, 0.25) is 5.78 Å². The SMILES string of the molecule is Cc1ccc2oc(C(=O)C3(N)CCCCC3)cc2c1. The monoisotopic (exact) mass is 257 g/mol. The number of Topliss-reactive ketones (excluding diaryl/α,β-unsaturated/α-hetero) is 1. The molecule has 0 spiro atoms. The first-order chi connectivity index (χ1) is 9.08. The molecule has 0 atom stereocenters. The maximum Gasteiger partial charge on any atom is 0.217 e. The van der Waals surface area contributed by atoms with Gasteiger partial charge in [0.15, 0.2) is 5.76 Å². The van der Waals surface area contributed by atoms with Gasteiger partial charge in [0, 0.05) is 5.39 Å². The van der Waals surface area contributed by atoms with Crippen LogP contribution < -0.4 is 5.73 Å². The van der Waals surface area contributed by atoms with Crippen LogP contribution in [0.2, 0.25) is 0 Å². The molecule has 1 aliphatic rings. The molecule has 2 N–H and O–H groups in total. The molecule has 3 rings (SSSR count). The van der Waals surface area contributed by atoms with Gasteiger partial charge in [0.25, 0.3) is 0 Å². The third-order valence-electron chi connectivity index (χ3n) is 4.09. The Labute approximate surface area is 112 Å². The quantitative estimate of drug-likeness (QED) is 0.836. The third-order valence-corrected chi connectivity index (χ3v) is 4.09. The number of ketones is 1. The van der Waals surface area contributed by atoms with Gasteiger partial charge in [0.05, 0.1) is 5.54 Å². The highest BCUT2D eigenvalue weighted by Crippen LogP contribution is 2.31. The number of aryl methyl sites for hydroxylation is 1. The molecule has 0 bridgehead atoms. The molecule has 1 saturated carbocycles. The van der Waals surface area contributed by atoms with Crippen LogP contribution in [-0.4, -0.2) is 11.3 Å². The summed E-state index contributed by atoms with van der Waals surface area (Å²) in [7, 11) is 0. The molecule has 0 aliphatic heterocycles. The molecule has 0 saturated heterocycles. The molecule has 3 heteroatoms. The molecular formula is C16H19NO2. The zero-order valence-corrected chi connectivity index (χ0v) is 11.2. The van der Waals surface area contributed by atoms with Crippen LogP contribution in [0.1, 0.15) is 48.2 Å². The van der Waals surface area contributed by atoms with E-state index < -0.39 is 5.54 Å². The van der Waals surface area contributed by atoms with Gasteiger partial charge >= 0.3 is 0 Å². The van der Waals surface area contributed by atoms with E-state index in [2.05, 4.69) is 0 Å². The zero-order valence-electron chi connectivity index (χ0n) is 11.2. The summed E-state index contributed by atoms with van der Waals surface area (Å²) in [5, 5.41) is 0.975. The van der Waals surface area contributed by atoms with Crippen LogP contribution in [0.15, 0.2) is 28.7 Å².